The topological polar surface area (TPSA) is 14.1 Å². The van der Waals surface area contributed by atoms with E-state index in [9.17, 15) is 0 Å². The van der Waals surface area contributed by atoms with Crippen LogP contribution in [0.3, 0.4) is 0 Å². The van der Waals surface area contributed by atoms with Crippen LogP contribution in [0.25, 0.3) is 4.98 Å². The van der Waals surface area contributed by atoms with Gasteiger partial charge in [0.05, 0.1) is 0 Å². The summed E-state index contributed by atoms with van der Waals surface area (Å²) in [5.74, 6) is 5.12. The smallest absolute Gasteiger partial charge is 0.660 e. The van der Waals surface area contributed by atoms with Crippen LogP contribution in [0.2, 0.25) is 18.6 Å². The van der Waals surface area contributed by atoms with Gasteiger partial charge in [-0.3, -0.25) is 0 Å². The van der Waals surface area contributed by atoms with Crippen LogP contribution < -0.4 is 0 Å². The molecule has 1 saturated heterocycles. The van der Waals surface area contributed by atoms with Crippen LogP contribution in [-0.2, 0) is 21.7 Å². The minimum absolute atomic E-state index is 0. The predicted octanol–water partition coefficient (Wildman–Crippen LogP) is 8.44. The molecule has 0 bridgehead atoms. The van der Waals surface area contributed by atoms with Crippen molar-refractivity contribution >= 4 is 20.0 Å². The summed E-state index contributed by atoms with van der Waals surface area (Å²) in [5, 5.41) is 1.96. The third-order valence-electron chi connectivity index (χ3n) is 7.93. The average Bonchev–Trinajstić information content (AvgIpc) is 2.97. The van der Waals surface area contributed by atoms with Crippen LogP contribution in [0, 0.1) is 51.9 Å². The van der Waals surface area contributed by atoms with E-state index in [1.807, 2.05) is 0 Å². The van der Waals surface area contributed by atoms with Crippen molar-refractivity contribution < 1.29 is 21.7 Å². The van der Waals surface area contributed by atoms with Crippen molar-refractivity contribution in [1.29, 1.82) is 0 Å². The molecule has 29 heavy (non-hydrogen) atoms. The molecule has 8 unspecified atom stereocenters. The van der Waals surface area contributed by atoms with E-state index in [0.29, 0.717) is 0 Å². The van der Waals surface area contributed by atoms with E-state index in [2.05, 4.69) is 52.6 Å². The van der Waals surface area contributed by atoms with Gasteiger partial charge < -0.3 is 27.3 Å². The Balaban J connectivity index is 0.00000196. The van der Waals surface area contributed by atoms with Crippen molar-refractivity contribution in [2.24, 2.45) is 29.6 Å². The zero-order chi connectivity index (χ0) is 18.0. The molecule has 0 aromatic rings. The van der Waals surface area contributed by atoms with Gasteiger partial charge in [0.1, 0.15) is 0 Å². The second kappa shape index (κ2) is 10.9. The van der Waals surface area contributed by atoms with Gasteiger partial charge in [0.15, 0.2) is 0 Å². The fraction of sp³-hybridized carbons (Fsp3) is 0.880. The first-order valence-corrected chi connectivity index (χ1v) is 15.0. The zero-order valence-electron chi connectivity index (χ0n) is 20.9. The maximum absolute atomic E-state index is 5.54. The van der Waals surface area contributed by atoms with Crippen LogP contribution in [-0.4, -0.2) is 24.3 Å². The molecule has 4 rings (SSSR count). The maximum Gasteiger partial charge on any atom is 4.00 e. The largest absolute Gasteiger partial charge is 4.00 e. The first-order chi connectivity index (χ1) is 11.7. The van der Waals surface area contributed by atoms with Gasteiger partial charge in [-0.05, 0) is 60.8 Å². The number of hydrogen-bond donors (Lipinski definition) is 0. The molecule has 0 spiro atoms. The average molecular weight is 472 g/mol. The van der Waals surface area contributed by atoms with Gasteiger partial charge in [-0.15, -0.1) is 5.54 Å². The molecule has 1 heterocycles. The molecule has 1 aliphatic heterocycles. The number of thioether (sulfide) groups is 1. The Morgan fingerprint density at radius 1 is 0.862 bits per heavy atom. The third-order valence-corrected chi connectivity index (χ3v) is 13.7. The second-order valence-electron chi connectivity index (χ2n) is 11.4. The van der Waals surface area contributed by atoms with Crippen LogP contribution in [0.1, 0.15) is 72.6 Å². The molecule has 8 atom stereocenters. The standard InChI is InChI=1S/C22H40NSSi.3CH3.Ti/c1-14-11-12-15-17(13-14)21(25(5,6)23-22(2,3)4)20-19(15)16-9-7-8-10-18(16)24-20;;;;/h14-21H,7-13H2,1-6H3;3*1H3;/q4*-1;+4. The van der Waals surface area contributed by atoms with Crippen molar-refractivity contribution in [3.63, 3.8) is 0 Å². The van der Waals surface area contributed by atoms with Gasteiger partial charge in [-0.2, -0.15) is 11.8 Å². The summed E-state index contributed by atoms with van der Waals surface area (Å²) >= 11 is 2.47. The fourth-order valence-corrected chi connectivity index (χ4v) is 15.4. The molecule has 4 fully saturated rings. The van der Waals surface area contributed by atoms with Crippen LogP contribution in [0.4, 0.5) is 0 Å². The number of nitrogens with zero attached hydrogens (tertiary/aromatic N) is 1. The van der Waals surface area contributed by atoms with E-state index >= 15 is 0 Å². The van der Waals surface area contributed by atoms with Crippen LogP contribution in [0.15, 0.2) is 0 Å². The summed E-state index contributed by atoms with van der Waals surface area (Å²) < 4.78 is 0. The minimum atomic E-state index is -1.59. The number of fused-ring (bicyclic) bond motifs is 5. The zero-order valence-corrected chi connectivity index (χ0v) is 24.3. The number of rotatable bonds is 2. The Morgan fingerprint density at radius 3 is 2.10 bits per heavy atom. The normalized spacial score (nSPS) is 40.8. The Morgan fingerprint density at radius 2 is 1.48 bits per heavy atom. The molecular formula is C25H49NSSiTi. The SMILES string of the molecule is CC1CCC2C(C1)C([Si](C)(C)[N-]C(C)(C)C)C1SC3CCCCC3C21.[CH3-].[CH3-].[CH3-].[Ti+4]. The van der Waals surface area contributed by atoms with Gasteiger partial charge in [-0.1, -0.05) is 68.3 Å². The molecule has 0 N–H and O–H groups in total. The van der Waals surface area contributed by atoms with E-state index in [1.54, 1.807) is 6.42 Å². The van der Waals surface area contributed by atoms with Gasteiger partial charge >= 0.3 is 21.7 Å². The van der Waals surface area contributed by atoms with Crippen molar-refractivity contribution in [1.82, 2.24) is 0 Å². The summed E-state index contributed by atoms with van der Waals surface area (Å²) in [5.41, 5.74) is 1.08. The minimum Gasteiger partial charge on any atom is -0.660 e. The predicted molar refractivity (Wildman–Crippen MR) is 134 cm³/mol. The summed E-state index contributed by atoms with van der Waals surface area (Å²) in [6.07, 6.45) is 10.6. The van der Waals surface area contributed by atoms with Gasteiger partial charge in [0, 0.05) is 10.5 Å². The summed E-state index contributed by atoms with van der Waals surface area (Å²) in [7, 11) is -1.59. The first-order valence-electron chi connectivity index (χ1n) is 11.1. The molecule has 3 aliphatic carbocycles. The Labute approximate surface area is 205 Å². The Hall–Kier alpha value is 1.24. The van der Waals surface area contributed by atoms with Crippen molar-refractivity contribution in [2.45, 2.75) is 107 Å². The first kappa shape index (κ1) is 30.2. The number of hydrogen-bond acceptors (Lipinski definition) is 1. The quantitative estimate of drug-likeness (QED) is 0.291. The summed E-state index contributed by atoms with van der Waals surface area (Å²) in [6, 6.07) is 0. The van der Waals surface area contributed by atoms with Crippen LogP contribution in [0.5, 0.6) is 0 Å². The third kappa shape index (κ3) is 5.79. The van der Waals surface area contributed by atoms with Gasteiger partial charge in [-0.25, -0.2) is 0 Å². The van der Waals surface area contributed by atoms with Gasteiger partial charge in [0.25, 0.3) is 0 Å². The molecule has 168 valence electrons. The van der Waals surface area contributed by atoms with Crippen LogP contribution >= 0.6 is 11.8 Å². The van der Waals surface area contributed by atoms with Gasteiger partial charge in [0.2, 0.25) is 0 Å². The Kier molecular flexibility index (Phi) is 11.4. The Bertz CT molecular complexity index is 506. The van der Waals surface area contributed by atoms with E-state index in [0.717, 1.165) is 45.6 Å². The van der Waals surface area contributed by atoms with Crippen molar-refractivity contribution in [2.75, 3.05) is 0 Å². The molecule has 0 amide bonds. The molecule has 0 radical (unpaired) electrons. The van der Waals surface area contributed by atoms with E-state index in [4.69, 9.17) is 4.98 Å². The molecule has 0 aromatic carbocycles. The van der Waals surface area contributed by atoms with E-state index in [-0.39, 0.29) is 49.5 Å². The van der Waals surface area contributed by atoms with E-state index < -0.39 is 8.24 Å². The molecule has 0 aromatic heterocycles. The summed E-state index contributed by atoms with van der Waals surface area (Å²) in [6.45, 7) is 14.7. The molecular weight excluding hydrogens is 422 g/mol. The molecule has 1 nitrogen and oxygen atoms in total. The van der Waals surface area contributed by atoms with E-state index in [1.165, 1.54) is 38.5 Å². The monoisotopic (exact) mass is 471 g/mol. The van der Waals surface area contributed by atoms with Crippen molar-refractivity contribution in [3.05, 3.63) is 27.3 Å². The fourth-order valence-electron chi connectivity index (χ4n) is 7.60. The second-order valence-corrected chi connectivity index (χ2v) is 17.0. The molecule has 3 saturated carbocycles. The molecule has 4 aliphatic rings. The molecule has 4 heteroatoms. The maximum atomic E-state index is 5.54. The van der Waals surface area contributed by atoms with Crippen molar-refractivity contribution in [3.8, 4) is 0 Å². The summed E-state index contributed by atoms with van der Waals surface area (Å²) in [4.78, 5) is 5.54.